The molecule has 1 fully saturated rings. The van der Waals surface area contributed by atoms with E-state index < -0.39 is 26.0 Å². The Morgan fingerprint density at radius 1 is 1.13 bits per heavy atom. The molecule has 1 aromatic carbocycles. The second-order valence-electron chi connectivity index (χ2n) is 7.60. The fraction of sp³-hybridized carbons (Fsp3) is 0.474. The lowest BCUT2D eigenvalue weighted by Crippen LogP contribution is -2.41. The Morgan fingerprint density at radius 3 is 2.29 bits per heavy atom. The molecule has 0 aliphatic carbocycles. The maximum Gasteiger partial charge on any atom is 0.248 e. The Bertz CT molecular complexity index is 1160. The van der Waals surface area contributed by atoms with E-state index >= 15 is 0 Å². The van der Waals surface area contributed by atoms with Crippen LogP contribution in [0.5, 0.6) is 0 Å². The zero-order valence-corrected chi connectivity index (χ0v) is 19.5. The SMILES string of the molecule is Cc1noc(C)c1S(=O)(=O)N1CCC(C(=O)Nc2ccccc2S(=O)(=O)N(C)C)CC1. The van der Waals surface area contributed by atoms with E-state index in [1.165, 1.54) is 30.5 Å². The Balaban J connectivity index is 1.71. The molecule has 170 valence electrons. The molecule has 1 aliphatic heterocycles. The van der Waals surface area contributed by atoms with Crippen LogP contribution in [0.2, 0.25) is 0 Å². The van der Waals surface area contributed by atoms with E-state index in [-0.39, 0.29) is 40.2 Å². The van der Waals surface area contributed by atoms with Gasteiger partial charge in [-0.25, -0.2) is 21.1 Å². The monoisotopic (exact) mass is 470 g/mol. The standard InChI is InChI=1S/C19H26N4O6S2/c1-13-18(14(2)29-21-13)31(27,28)23-11-9-15(10-12-23)19(24)20-16-7-5-6-8-17(16)30(25,26)22(3)4/h5-8,15H,9-12H2,1-4H3,(H,20,24). The summed E-state index contributed by atoms with van der Waals surface area (Å²) in [4.78, 5) is 12.9. The number of nitrogens with one attached hydrogen (secondary N) is 1. The van der Waals surface area contributed by atoms with Crippen LogP contribution in [0.4, 0.5) is 5.69 Å². The number of hydrogen-bond donors (Lipinski definition) is 1. The van der Waals surface area contributed by atoms with E-state index in [0.717, 1.165) is 4.31 Å². The van der Waals surface area contributed by atoms with E-state index in [4.69, 9.17) is 4.52 Å². The van der Waals surface area contributed by atoms with Crippen molar-refractivity contribution >= 4 is 31.6 Å². The van der Waals surface area contributed by atoms with Crippen molar-refractivity contribution in [1.29, 1.82) is 0 Å². The quantitative estimate of drug-likeness (QED) is 0.678. The molecule has 0 spiro atoms. The van der Waals surface area contributed by atoms with Crippen molar-refractivity contribution < 1.29 is 26.2 Å². The minimum Gasteiger partial charge on any atom is -0.360 e. The van der Waals surface area contributed by atoms with Gasteiger partial charge < -0.3 is 9.84 Å². The van der Waals surface area contributed by atoms with Gasteiger partial charge in [0.25, 0.3) is 0 Å². The molecule has 0 saturated carbocycles. The second kappa shape index (κ2) is 8.69. The highest BCUT2D eigenvalue weighted by molar-refractivity contribution is 7.89. The number of piperidine rings is 1. The van der Waals surface area contributed by atoms with Gasteiger partial charge in [0.15, 0.2) is 5.76 Å². The minimum atomic E-state index is -3.76. The Labute approximate surface area is 182 Å². The molecule has 0 radical (unpaired) electrons. The molecule has 1 saturated heterocycles. The molecule has 3 rings (SSSR count). The van der Waals surface area contributed by atoms with Crippen LogP contribution in [-0.2, 0) is 24.8 Å². The first-order valence-electron chi connectivity index (χ1n) is 9.71. The van der Waals surface area contributed by atoms with Gasteiger partial charge >= 0.3 is 0 Å². The highest BCUT2D eigenvalue weighted by Crippen LogP contribution is 2.29. The van der Waals surface area contributed by atoms with Crippen LogP contribution in [0.25, 0.3) is 0 Å². The Hall–Kier alpha value is -2.28. The summed E-state index contributed by atoms with van der Waals surface area (Å²) in [5.41, 5.74) is 0.503. The van der Waals surface area contributed by atoms with Crippen molar-refractivity contribution in [1.82, 2.24) is 13.8 Å². The van der Waals surface area contributed by atoms with Gasteiger partial charge in [0.2, 0.25) is 26.0 Å². The lowest BCUT2D eigenvalue weighted by molar-refractivity contribution is -0.120. The summed E-state index contributed by atoms with van der Waals surface area (Å²) >= 11 is 0. The number of rotatable bonds is 6. The van der Waals surface area contributed by atoms with Gasteiger partial charge in [-0.05, 0) is 38.8 Å². The summed E-state index contributed by atoms with van der Waals surface area (Å²) in [6.45, 7) is 3.46. The predicted molar refractivity (Wildman–Crippen MR) is 113 cm³/mol. The van der Waals surface area contributed by atoms with Gasteiger partial charge in [0.1, 0.15) is 15.5 Å². The first-order valence-corrected chi connectivity index (χ1v) is 12.6. The van der Waals surface area contributed by atoms with Crippen LogP contribution >= 0.6 is 0 Å². The zero-order valence-electron chi connectivity index (χ0n) is 17.8. The smallest absolute Gasteiger partial charge is 0.248 e. The third-order valence-corrected chi connectivity index (χ3v) is 9.31. The molecule has 0 unspecified atom stereocenters. The average molecular weight is 471 g/mol. The van der Waals surface area contributed by atoms with Crippen LogP contribution in [0.3, 0.4) is 0 Å². The number of aryl methyl sites for hydroxylation is 2. The number of para-hydroxylation sites is 1. The molecule has 10 nitrogen and oxygen atoms in total. The number of sulfonamides is 2. The molecule has 0 atom stereocenters. The summed E-state index contributed by atoms with van der Waals surface area (Å²) in [6, 6.07) is 6.20. The van der Waals surface area contributed by atoms with Crippen LogP contribution in [0.1, 0.15) is 24.3 Å². The van der Waals surface area contributed by atoms with E-state index in [2.05, 4.69) is 10.5 Å². The molecule has 1 N–H and O–H groups in total. The van der Waals surface area contributed by atoms with Crippen LogP contribution < -0.4 is 5.32 Å². The number of anilines is 1. The van der Waals surface area contributed by atoms with Crippen molar-refractivity contribution in [3.8, 4) is 0 Å². The first kappa shape index (κ1) is 23.4. The summed E-state index contributed by atoms with van der Waals surface area (Å²) in [5, 5.41) is 6.41. The third kappa shape index (κ3) is 4.52. The van der Waals surface area contributed by atoms with Gasteiger partial charge in [-0.15, -0.1) is 0 Å². The topological polar surface area (TPSA) is 130 Å². The van der Waals surface area contributed by atoms with E-state index in [1.807, 2.05) is 0 Å². The molecule has 12 heteroatoms. The predicted octanol–water partition coefficient (Wildman–Crippen LogP) is 1.58. The van der Waals surface area contributed by atoms with Crippen molar-refractivity contribution in [2.75, 3.05) is 32.5 Å². The largest absolute Gasteiger partial charge is 0.360 e. The fourth-order valence-corrected chi connectivity index (χ4v) is 6.36. The molecular formula is C19H26N4O6S2. The molecule has 1 amide bonds. The molecule has 2 heterocycles. The van der Waals surface area contributed by atoms with Crippen LogP contribution in [0.15, 0.2) is 38.6 Å². The maximum atomic E-state index is 12.9. The minimum absolute atomic E-state index is 0.00627. The maximum absolute atomic E-state index is 12.9. The third-order valence-electron chi connectivity index (χ3n) is 5.29. The van der Waals surface area contributed by atoms with Crippen LogP contribution in [0, 0.1) is 19.8 Å². The lowest BCUT2D eigenvalue weighted by atomic mass is 9.97. The number of hydrogen-bond acceptors (Lipinski definition) is 7. The molecular weight excluding hydrogens is 444 g/mol. The van der Waals surface area contributed by atoms with Crippen molar-refractivity contribution in [2.24, 2.45) is 5.92 Å². The number of aromatic nitrogens is 1. The number of carbonyl (C=O) groups is 1. The van der Waals surface area contributed by atoms with Crippen LogP contribution in [-0.4, -0.2) is 63.7 Å². The van der Waals surface area contributed by atoms with Crippen molar-refractivity contribution in [3.05, 3.63) is 35.7 Å². The first-order chi connectivity index (χ1) is 14.5. The summed E-state index contributed by atoms with van der Waals surface area (Å²) in [7, 11) is -4.65. The lowest BCUT2D eigenvalue weighted by Gasteiger charge is -2.30. The second-order valence-corrected chi connectivity index (χ2v) is 11.6. The molecule has 0 bridgehead atoms. The van der Waals surface area contributed by atoms with E-state index in [9.17, 15) is 21.6 Å². The number of carbonyl (C=O) groups excluding carboxylic acids is 1. The van der Waals surface area contributed by atoms with Gasteiger partial charge in [-0.2, -0.15) is 4.31 Å². The number of benzene rings is 1. The average Bonchev–Trinajstić information content (AvgIpc) is 3.07. The van der Waals surface area contributed by atoms with E-state index in [1.54, 1.807) is 26.0 Å². The zero-order chi connectivity index (χ0) is 23.0. The molecule has 31 heavy (non-hydrogen) atoms. The molecule has 1 aromatic heterocycles. The van der Waals surface area contributed by atoms with Gasteiger partial charge in [-0.1, -0.05) is 17.3 Å². The Kier molecular flexibility index (Phi) is 6.56. The van der Waals surface area contributed by atoms with Crippen molar-refractivity contribution in [2.45, 2.75) is 36.5 Å². The molecule has 2 aromatic rings. The normalized spacial score (nSPS) is 16.5. The van der Waals surface area contributed by atoms with Gasteiger partial charge in [-0.3, -0.25) is 4.79 Å². The molecule has 1 aliphatic rings. The highest BCUT2D eigenvalue weighted by atomic mass is 32.2. The summed E-state index contributed by atoms with van der Waals surface area (Å²) < 4.78 is 58.3. The van der Waals surface area contributed by atoms with Crippen molar-refractivity contribution in [3.63, 3.8) is 0 Å². The fourth-order valence-electron chi connectivity index (χ4n) is 3.56. The highest BCUT2D eigenvalue weighted by Gasteiger charge is 2.35. The number of nitrogens with zero attached hydrogens (tertiary/aromatic N) is 3. The number of amides is 1. The van der Waals surface area contributed by atoms with Gasteiger partial charge in [0, 0.05) is 33.1 Å². The van der Waals surface area contributed by atoms with E-state index in [0.29, 0.717) is 18.5 Å². The summed E-state index contributed by atoms with van der Waals surface area (Å²) in [6.07, 6.45) is 0.633. The Morgan fingerprint density at radius 2 is 1.74 bits per heavy atom. The van der Waals surface area contributed by atoms with Gasteiger partial charge in [0.05, 0.1) is 5.69 Å². The summed E-state index contributed by atoms with van der Waals surface area (Å²) in [5.74, 6) is -0.543.